The number of nitrogens with one attached hydrogen (secondary N) is 1. The number of rotatable bonds is 5. The van der Waals surface area contributed by atoms with Gasteiger partial charge in [0.05, 0.1) is 47.3 Å². The molecular weight excluding hydrogens is 429 g/mol. The van der Waals surface area contributed by atoms with Crippen molar-refractivity contribution < 1.29 is 27.9 Å². The monoisotopic (exact) mass is 451 g/mol. The lowest BCUT2D eigenvalue weighted by Gasteiger charge is -2.30. The fourth-order valence-electron chi connectivity index (χ4n) is 4.22. The van der Waals surface area contributed by atoms with Crippen LogP contribution >= 0.6 is 0 Å². The molecule has 0 aliphatic carbocycles. The molecule has 1 aliphatic heterocycles. The van der Waals surface area contributed by atoms with E-state index in [0.717, 1.165) is 0 Å². The number of fused-ring (bicyclic) bond motifs is 2. The maximum atomic E-state index is 14.0. The standard InChI is InChI=1S/C25H22FNO6/c1-4-32-25(30)19-13(2)27-17(12-26)21(24(29)31-3)20(19)15-9-7-10-16-22(28)14-8-5-6-11-18(14)33-23(15)16/h5-11,20,27H,4,12H2,1-3H3. The minimum atomic E-state index is -1.07. The largest absolute Gasteiger partial charge is 0.466 e. The van der Waals surface area contributed by atoms with Crippen molar-refractivity contribution in [3.8, 4) is 0 Å². The molecule has 1 aromatic heterocycles. The predicted molar refractivity (Wildman–Crippen MR) is 120 cm³/mol. The molecule has 0 bridgehead atoms. The van der Waals surface area contributed by atoms with Gasteiger partial charge in [-0.1, -0.05) is 24.3 Å². The Morgan fingerprint density at radius 2 is 1.79 bits per heavy atom. The van der Waals surface area contributed by atoms with Crippen molar-refractivity contribution >= 4 is 33.9 Å². The Bertz CT molecular complexity index is 1400. The van der Waals surface area contributed by atoms with Crippen molar-refractivity contribution in [2.45, 2.75) is 19.8 Å². The number of ether oxygens (including phenoxy) is 2. The van der Waals surface area contributed by atoms with Gasteiger partial charge in [0, 0.05) is 11.3 Å². The molecule has 0 amide bonds. The first-order valence-corrected chi connectivity index (χ1v) is 10.4. The molecule has 33 heavy (non-hydrogen) atoms. The quantitative estimate of drug-likeness (QED) is 0.465. The molecule has 0 spiro atoms. The third kappa shape index (κ3) is 3.67. The van der Waals surface area contributed by atoms with E-state index in [4.69, 9.17) is 13.9 Å². The fraction of sp³-hybridized carbons (Fsp3) is 0.240. The van der Waals surface area contributed by atoms with Gasteiger partial charge in [-0.2, -0.15) is 0 Å². The van der Waals surface area contributed by atoms with E-state index in [1.807, 2.05) is 0 Å². The second-order valence-electron chi connectivity index (χ2n) is 7.49. The highest BCUT2D eigenvalue weighted by Crippen LogP contribution is 2.42. The Kier molecular flexibility index (Phi) is 6.00. The number of methoxy groups -OCH3 is 1. The fourth-order valence-corrected chi connectivity index (χ4v) is 4.22. The van der Waals surface area contributed by atoms with Crippen molar-refractivity contribution in [3.63, 3.8) is 0 Å². The molecular formula is C25H22FNO6. The maximum absolute atomic E-state index is 14.0. The van der Waals surface area contributed by atoms with E-state index in [2.05, 4.69) is 5.32 Å². The van der Waals surface area contributed by atoms with Crippen LogP contribution in [0.3, 0.4) is 0 Å². The van der Waals surface area contributed by atoms with Crippen molar-refractivity contribution in [3.05, 3.63) is 80.8 Å². The molecule has 8 heteroatoms. The highest BCUT2D eigenvalue weighted by atomic mass is 19.1. The van der Waals surface area contributed by atoms with Crippen LogP contribution in [-0.4, -0.2) is 32.3 Å². The van der Waals surface area contributed by atoms with E-state index in [0.29, 0.717) is 22.2 Å². The minimum Gasteiger partial charge on any atom is -0.466 e. The Labute approximate surface area is 188 Å². The van der Waals surface area contributed by atoms with Crippen LogP contribution < -0.4 is 10.7 Å². The molecule has 1 N–H and O–H groups in total. The number of halogens is 1. The number of carbonyl (C=O) groups excluding carboxylic acids is 2. The summed E-state index contributed by atoms with van der Waals surface area (Å²) in [5.41, 5.74) is 0.971. The summed E-state index contributed by atoms with van der Waals surface area (Å²) in [6.07, 6.45) is 0. The maximum Gasteiger partial charge on any atom is 0.336 e. The van der Waals surface area contributed by atoms with Crippen LogP contribution in [0.1, 0.15) is 25.3 Å². The first-order chi connectivity index (χ1) is 15.9. The van der Waals surface area contributed by atoms with E-state index < -0.39 is 24.5 Å². The van der Waals surface area contributed by atoms with Crippen molar-refractivity contribution in [2.24, 2.45) is 0 Å². The van der Waals surface area contributed by atoms with Crippen molar-refractivity contribution in [1.82, 2.24) is 5.32 Å². The second-order valence-corrected chi connectivity index (χ2v) is 7.49. The van der Waals surface area contributed by atoms with Crippen LogP contribution in [0.25, 0.3) is 21.9 Å². The van der Waals surface area contributed by atoms with Crippen LogP contribution in [-0.2, 0) is 19.1 Å². The minimum absolute atomic E-state index is 0.0301. The van der Waals surface area contributed by atoms with Crippen LogP contribution in [0.2, 0.25) is 0 Å². The number of hydrogen-bond donors (Lipinski definition) is 1. The summed E-state index contributed by atoms with van der Waals surface area (Å²) in [6.45, 7) is 2.36. The van der Waals surface area contributed by atoms with Gasteiger partial charge in [0.1, 0.15) is 17.8 Å². The number of esters is 2. The smallest absolute Gasteiger partial charge is 0.336 e. The molecule has 0 radical (unpaired) electrons. The van der Waals surface area contributed by atoms with Gasteiger partial charge in [-0.3, -0.25) is 4.79 Å². The SMILES string of the molecule is CCOC(=O)C1=C(C)NC(CF)=C(C(=O)OC)C1c1cccc2c(=O)c3ccccc3oc12. The zero-order chi connectivity index (χ0) is 23.7. The Hall–Kier alpha value is -3.94. The first-order valence-electron chi connectivity index (χ1n) is 10.4. The number of carbonyl (C=O) groups is 2. The first kappa shape index (κ1) is 22.3. The van der Waals surface area contributed by atoms with E-state index in [-0.39, 0.29) is 39.8 Å². The molecule has 170 valence electrons. The molecule has 1 atom stereocenters. The van der Waals surface area contributed by atoms with Gasteiger partial charge in [0.2, 0.25) is 5.43 Å². The summed E-state index contributed by atoms with van der Waals surface area (Å²) in [7, 11) is 1.17. The highest BCUT2D eigenvalue weighted by molar-refractivity contribution is 6.02. The average Bonchev–Trinajstić information content (AvgIpc) is 2.82. The van der Waals surface area contributed by atoms with Gasteiger partial charge in [-0.25, -0.2) is 14.0 Å². The Morgan fingerprint density at radius 3 is 2.48 bits per heavy atom. The second kappa shape index (κ2) is 8.90. The summed E-state index contributed by atoms with van der Waals surface area (Å²) in [4.78, 5) is 39.0. The molecule has 3 aromatic rings. The number of dihydropyridines is 1. The van der Waals surface area contributed by atoms with E-state index >= 15 is 0 Å². The predicted octanol–water partition coefficient (Wildman–Crippen LogP) is 3.87. The van der Waals surface area contributed by atoms with E-state index in [1.54, 1.807) is 56.3 Å². The number of allylic oxidation sites excluding steroid dienone is 2. The van der Waals surface area contributed by atoms with Gasteiger partial charge >= 0.3 is 11.9 Å². The average molecular weight is 451 g/mol. The molecule has 0 saturated carbocycles. The summed E-state index contributed by atoms with van der Waals surface area (Å²) in [5, 5.41) is 3.48. The van der Waals surface area contributed by atoms with E-state index in [1.165, 1.54) is 7.11 Å². The number of benzene rings is 2. The van der Waals surface area contributed by atoms with Crippen molar-refractivity contribution in [2.75, 3.05) is 20.4 Å². The van der Waals surface area contributed by atoms with Crippen molar-refractivity contribution in [1.29, 1.82) is 0 Å². The summed E-state index contributed by atoms with van der Waals surface area (Å²) in [6, 6.07) is 11.7. The summed E-state index contributed by atoms with van der Waals surface area (Å²) < 4.78 is 30.3. The van der Waals surface area contributed by atoms with Gasteiger partial charge in [0.15, 0.2) is 0 Å². The number of para-hydroxylation sites is 2. The molecule has 1 unspecified atom stereocenters. The third-order valence-electron chi connectivity index (χ3n) is 5.62. The molecule has 0 saturated heterocycles. The zero-order valence-corrected chi connectivity index (χ0v) is 18.4. The van der Waals surface area contributed by atoms with Crippen LogP contribution in [0, 0.1) is 0 Å². The molecule has 4 rings (SSSR count). The van der Waals surface area contributed by atoms with Gasteiger partial charge in [-0.15, -0.1) is 0 Å². The normalized spacial score (nSPS) is 16.2. The Balaban J connectivity index is 2.10. The van der Waals surface area contributed by atoms with Gasteiger partial charge < -0.3 is 19.2 Å². The molecule has 2 aromatic carbocycles. The molecule has 7 nitrogen and oxygen atoms in total. The van der Waals surface area contributed by atoms with Gasteiger partial charge in [-0.05, 0) is 32.0 Å². The topological polar surface area (TPSA) is 94.8 Å². The molecule has 1 aliphatic rings. The summed E-state index contributed by atoms with van der Waals surface area (Å²) in [5.74, 6) is -2.56. The molecule has 0 fully saturated rings. The highest BCUT2D eigenvalue weighted by Gasteiger charge is 2.40. The lowest BCUT2D eigenvalue weighted by Crippen LogP contribution is -2.34. The van der Waals surface area contributed by atoms with E-state index in [9.17, 15) is 18.8 Å². The number of hydrogen-bond acceptors (Lipinski definition) is 7. The van der Waals surface area contributed by atoms with Crippen LogP contribution in [0.15, 0.2) is 74.2 Å². The molecule has 2 heterocycles. The lowest BCUT2D eigenvalue weighted by molar-refractivity contribution is -0.139. The van der Waals surface area contributed by atoms with Gasteiger partial charge in [0.25, 0.3) is 0 Å². The number of alkyl halides is 1. The zero-order valence-electron chi connectivity index (χ0n) is 18.4. The lowest BCUT2D eigenvalue weighted by atomic mass is 9.79. The van der Waals surface area contributed by atoms with Crippen LogP contribution in [0.4, 0.5) is 4.39 Å². The Morgan fingerprint density at radius 1 is 1.06 bits per heavy atom. The van der Waals surface area contributed by atoms with Crippen LogP contribution in [0.5, 0.6) is 0 Å². The summed E-state index contributed by atoms with van der Waals surface area (Å²) >= 11 is 0. The third-order valence-corrected chi connectivity index (χ3v) is 5.62.